The molecule has 0 aliphatic carbocycles. The zero-order valence-corrected chi connectivity index (χ0v) is 23.3. The summed E-state index contributed by atoms with van der Waals surface area (Å²) in [6, 6.07) is 11.0. The van der Waals surface area contributed by atoms with Gasteiger partial charge in [-0.05, 0) is 63.9 Å². The molecule has 0 aliphatic rings. The normalized spacial score (nSPS) is 12.7. The standard InChI is InChI=1S/C25H33Cl2N3O4S/c1-7-22(24(32)28-25(3,4)5)29(15-18-10-13-20(26)21(27)14-18)23(31)16-30(35(6,33)34)19-11-8-17(2)9-12-19/h8-14,22H,7,15-16H2,1-6H3,(H,28,32)/t22-/m1/s1. The van der Waals surface area contributed by atoms with Gasteiger partial charge in [-0.3, -0.25) is 13.9 Å². The molecule has 2 aromatic carbocycles. The van der Waals surface area contributed by atoms with Gasteiger partial charge in [-0.1, -0.05) is 53.9 Å². The molecule has 2 rings (SSSR count). The van der Waals surface area contributed by atoms with Crippen molar-refractivity contribution in [2.75, 3.05) is 17.1 Å². The van der Waals surface area contributed by atoms with Crippen molar-refractivity contribution < 1.29 is 18.0 Å². The molecule has 0 saturated heterocycles. The molecule has 2 aromatic rings. The van der Waals surface area contributed by atoms with E-state index in [9.17, 15) is 18.0 Å². The Kier molecular flexibility index (Phi) is 9.62. The fraction of sp³-hybridized carbons (Fsp3) is 0.440. The minimum atomic E-state index is -3.78. The molecule has 10 heteroatoms. The quantitative estimate of drug-likeness (QED) is 0.494. The SMILES string of the molecule is CC[C@H](C(=O)NC(C)(C)C)N(Cc1ccc(Cl)c(Cl)c1)C(=O)CN(c1ccc(C)cc1)S(C)(=O)=O. The second-order valence-electron chi connectivity index (χ2n) is 9.54. The van der Waals surface area contributed by atoms with Gasteiger partial charge in [0.1, 0.15) is 12.6 Å². The van der Waals surface area contributed by atoms with E-state index < -0.39 is 34.1 Å². The van der Waals surface area contributed by atoms with Crippen LogP contribution in [0.3, 0.4) is 0 Å². The fourth-order valence-corrected chi connectivity index (χ4v) is 4.70. The minimum absolute atomic E-state index is 0.0529. The molecule has 0 aliphatic heterocycles. The first-order chi connectivity index (χ1) is 16.1. The van der Waals surface area contributed by atoms with Crippen LogP contribution < -0.4 is 9.62 Å². The molecule has 0 aromatic heterocycles. The monoisotopic (exact) mass is 541 g/mol. The zero-order chi connectivity index (χ0) is 26.6. The second-order valence-corrected chi connectivity index (χ2v) is 12.3. The van der Waals surface area contributed by atoms with Crippen molar-refractivity contribution in [1.29, 1.82) is 0 Å². The van der Waals surface area contributed by atoms with Crippen LogP contribution in [0.4, 0.5) is 5.69 Å². The molecule has 1 N–H and O–H groups in total. The maximum atomic E-state index is 13.6. The van der Waals surface area contributed by atoms with Gasteiger partial charge in [0, 0.05) is 12.1 Å². The summed E-state index contributed by atoms with van der Waals surface area (Å²) in [5.41, 5.74) is 1.48. The van der Waals surface area contributed by atoms with Gasteiger partial charge in [-0.2, -0.15) is 0 Å². The molecule has 35 heavy (non-hydrogen) atoms. The van der Waals surface area contributed by atoms with Gasteiger partial charge in [0.15, 0.2) is 0 Å². The van der Waals surface area contributed by atoms with Crippen molar-refractivity contribution in [1.82, 2.24) is 10.2 Å². The molecule has 0 bridgehead atoms. The Labute approximate surface area is 218 Å². The average molecular weight is 543 g/mol. The predicted molar refractivity (Wildman–Crippen MR) is 142 cm³/mol. The first-order valence-corrected chi connectivity index (χ1v) is 13.8. The van der Waals surface area contributed by atoms with Crippen LogP contribution in [-0.2, 0) is 26.2 Å². The van der Waals surface area contributed by atoms with E-state index in [1.807, 2.05) is 27.7 Å². The van der Waals surface area contributed by atoms with Gasteiger partial charge in [-0.15, -0.1) is 0 Å². The van der Waals surface area contributed by atoms with Crippen LogP contribution in [0.5, 0.6) is 0 Å². The largest absolute Gasteiger partial charge is 0.350 e. The number of hydrogen-bond acceptors (Lipinski definition) is 4. The van der Waals surface area contributed by atoms with E-state index in [4.69, 9.17) is 23.2 Å². The molecular formula is C25H33Cl2N3O4S. The van der Waals surface area contributed by atoms with E-state index in [0.717, 1.165) is 16.1 Å². The summed E-state index contributed by atoms with van der Waals surface area (Å²) in [6.07, 6.45) is 1.38. The molecule has 1 atom stereocenters. The van der Waals surface area contributed by atoms with Crippen LogP contribution in [0.15, 0.2) is 42.5 Å². The van der Waals surface area contributed by atoms with Gasteiger partial charge in [0.05, 0.1) is 22.0 Å². The average Bonchev–Trinajstić information content (AvgIpc) is 2.73. The van der Waals surface area contributed by atoms with Crippen LogP contribution in [0.2, 0.25) is 10.0 Å². The summed E-state index contributed by atoms with van der Waals surface area (Å²) in [4.78, 5) is 28.2. The highest BCUT2D eigenvalue weighted by atomic mass is 35.5. The Balaban J connectivity index is 2.47. The van der Waals surface area contributed by atoms with Crippen molar-refractivity contribution in [3.63, 3.8) is 0 Å². The third-order valence-electron chi connectivity index (χ3n) is 5.22. The second kappa shape index (κ2) is 11.6. The summed E-state index contributed by atoms with van der Waals surface area (Å²) >= 11 is 12.2. The van der Waals surface area contributed by atoms with Crippen LogP contribution in [0.1, 0.15) is 45.2 Å². The Morgan fingerprint density at radius 1 is 1.03 bits per heavy atom. The summed E-state index contributed by atoms with van der Waals surface area (Å²) in [6.45, 7) is 8.84. The summed E-state index contributed by atoms with van der Waals surface area (Å²) in [7, 11) is -3.78. The Hall–Kier alpha value is -2.29. The van der Waals surface area contributed by atoms with Crippen molar-refractivity contribution in [2.24, 2.45) is 0 Å². The number of aryl methyl sites for hydroxylation is 1. The molecule has 0 heterocycles. The van der Waals surface area contributed by atoms with Crippen LogP contribution in [0, 0.1) is 6.92 Å². The van der Waals surface area contributed by atoms with E-state index in [1.165, 1.54) is 4.90 Å². The number of anilines is 1. The predicted octanol–water partition coefficient (Wildman–Crippen LogP) is 4.79. The number of hydrogen-bond donors (Lipinski definition) is 1. The number of carbonyl (C=O) groups excluding carboxylic acids is 2. The van der Waals surface area contributed by atoms with Crippen LogP contribution in [0.25, 0.3) is 0 Å². The number of amides is 2. The maximum absolute atomic E-state index is 13.6. The number of nitrogens with one attached hydrogen (secondary N) is 1. The number of rotatable bonds is 9. The fourth-order valence-electron chi connectivity index (χ4n) is 3.53. The molecule has 0 unspecified atom stereocenters. The number of benzene rings is 2. The minimum Gasteiger partial charge on any atom is -0.350 e. The Morgan fingerprint density at radius 3 is 2.11 bits per heavy atom. The molecule has 192 valence electrons. The van der Waals surface area contributed by atoms with Gasteiger partial charge in [-0.25, -0.2) is 8.42 Å². The van der Waals surface area contributed by atoms with E-state index >= 15 is 0 Å². The van der Waals surface area contributed by atoms with Crippen molar-refractivity contribution in [3.05, 3.63) is 63.6 Å². The number of sulfonamides is 1. The molecule has 2 amide bonds. The smallest absolute Gasteiger partial charge is 0.244 e. The van der Waals surface area contributed by atoms with E-state index in [1.54, 1.807) is 49.4 Å². The highest BCUT2D eigenvalue weighted by Gasteiger charge is 2.33. The zero-order valence-electron chi connectivity index (χ0n) is 20.9. The van der Waals surface area contributed by atoms with Crippen LogP contribution >= 0.6 is 23.2 Å². The number of halogens is 2. The number of nitrogens with zero attached hydrogens (tertiary/aromatic N) is 2. The lowest BCUT2D eigenvalue weighted by molar-refractivity contribution is -0.141. The lowest BCUT2D eigenvalue weighted by atomic mass is 10.1. The lowest BCUT2D eigenvalue weighted by Crippen LogP contribution is -2.55. The first-order valence-electron chi connectivity index (χ1n) is 11.2. The summed E-state index contributed by atoms with van der Waals surface area (Å²) < 4.78 is 26.3. The molecular weight excluding hydrogens is 509 g/mol. The van der Waals surface area contributed by atoms with E-state index in [2.05, 4.69) is 5.32 Å². The first kappa shape index (κ1) is 28.9. The van der Waals surface area contributed by atoms with Gasteiger partial charge in [0.25, 0.3) is 0 Å². The van der Waals surface area contributed by atoms with Crippen molar-refractivity contribution in [2.45, 2.75) is 59.2 Å². The highest BCUT2D eigenvalue weighted by Crippen LogP contribution is 2.25. The lowest BCUT2D eigenvalue weighted by Gasteiger charge is -2.34. The highest BCUT2D eigenvalue weighted by molar-refractivity contribution is 7.92. The third kappa shape index (κ3) is 8.40. The van der Waals surface area contributed by atoms with Gasteiger partial charge >= 0.3 is 0 Å². The molecule has 0 saturated carbocycles. The maximum Gasteiger partial charge on any atom is 0.244 e. The Bertz CT molecular complexity index is 1160. The number of carbonyl (C=O) groups is 2. The summed E-state index contributed by atoms with van der Waals surface area (Å²) in [5.74, 6) is -0.840. The molecule has 7 nitrogen and oxygen atoms in total. The molecule has 0 spiro atoms. The third-order valence-corrected chi connectivity index (χ3v) is 7.10. The molecule has 0 fully saturated rings. The van der Waals surface area contributed by atoms with E-state index in [-0.39, 0.29) is 12.5 Å². The van der Waals surface area contributed by atoms with Crippen LogP contribution in [-0.4, -0.2) is 49.5 Å². The van der Waals surface area contributed by atoms with Crippen molar-refractivity contribution in [3.8, 4) is 0 Å². The Morgan fingerprint density at radius 2 is 1.63 bits per heavy atom. The van der Waals surface area contributed by atoms with Gasteiger partial charge < -0.3 is 10.2 Å². The summed E-state index contributed by atoms with van der Waals surface area (Å²) in [5, 5.41) is 3.61. The topological polar surface area (TPSA) is 86.8 Å². The van der Waals surface area contributed by atoms with Crippen molar-refractivity contribution >= 4 is 50.7 Å². The van der Waals surface area contributed by atoms with Gasteiger partial charge in [0.2, 0.25) is 21.8 Å². The van der Waals surface area contributed by atoms with E-state index in [0.29, 0.717) is 27.7 Å². The molecule has 0 radical (unpaired) electrons.